The number of hydrogen-bond donors (Lipinski definition) is 0. The lowest BCUT2D eigenvalue weighted by molar-refractivity contribution is 0.108. The van der Waals surface area contributed by atoms with Crippen LogP contribution in [0.3, 0.4) is 0 Å². The van der Waals surface area contributed by atoms with Crippen molar-refractivity contribution in [1.82, 2.24) is 10.1 Å². The maximum atomic E-state index is 10.4. The van der Waals surface area contributed by atoms with Crippen LogP contribution in [0.25, 0.3) is 0 Å². The zero-order valence-corrected chi connectivity index (χ0v) is 8.32. The lowest BCUT2D eigenvalue weighted by atomic mass is 9.75. The van der Waals surface area contributed by atoms with Gasteiger partial charge < -0.3 is 4.52 Å². The predicted molar refractivity (Wildman–Crippen MR) is 50.1 cm³/mol. The maximum Gasteiger partial charge on any atom is 0.290 e. The molecule has 1 aliphatic carbocycles. The van der Waals surface area contributed by atoms with Gasteiger partial charge in [0.25, 0.3) is 5.89 Å². The molecule has 0 spiro atoms. The Balaban J connectivity index is 2.23. The molecule has 4 nitrogen and oxygen atoms in total. The second kappa shape index (κ2) is 3.52. The third-order valence-corrected chi connectivity index (χ3v) is 3.04. The van der Waals surface area contributed by atoms with Gasteiger partial charge in [-0.3, -0.25) is 4.79 Å². The summed E-state index contributed by atoms with van der Waals surface area (Å²) in [5.74, 6) is 0.783. The van der Waals surface area contributed by atoms with E-state index in [0.29, 0.717) is 12.1 Å². The zero-order valence-electron chi connectivity index (χ0n) is 8.32. The fraction of sp³-hybridized carbons (Fsp3) is 0.700. The molecule has 0 aliphatic heterocycles. The fourth-order valence-electron chi connectivity index (χ4n) is 2.08. The third-order valence-electron chi connectivity index (χ3n) is 3.04. The van der Waals surface area contributed by atoms with Gasteiger partial charge in [0.05, 0.1) is 0 Å². The molecule has 0 radical (unpaired) electrons. The normalized spacial score (nSPS) is 20.6. The molecule has 2 rings (SSSR count). The van der Waals surface area contributed by atoms with Gasteiger partial charge >= 0.3 is 0 Å². The minimum atomic E-state index is 0.0169. The molecular weight excluding hydrogens is 180 g/mol. The Morgan fingerprint density at radius 2 is 2.07 bits per heavy atom. The van der Waals surface area contributed by atoms with E-state index in [4.69, 9.17) is 4.52 Å². The fourth-order valence-corrected chi connectivity index (χ4v) is 2.08. The molecule has 1 aliphatic rings. The second-order valence-electron chi connectivity index (χ2n) is 4.20. The van der Waals surface area contributed by atoms with E-state index in [-0.39, 0.29) is 11.3 Å². The Morgan fingerprint density at radius 3 is 2.64 bits per heavy atom. The highest BCUT2D eigenvalue weighted by atomic mass is 16.5. The lowest BCUT2D eigenvalue weighted by Gasteiger charge is -2.29. The summed E-state index contributed by atoms with van der Waals surface area (Å²) in [4.78, 5) is 14.5. The molecule has 0 saturated heterocycles. The van der Waals surface area contributed by atoms with E-state index in [1.807, 2.05) is 0 Å². The van der Waals surface area contributed by atoms with Crippen molar-refractivity contribution in [2.75, 3.05) is 0 Å². The number of rotatable bonds is 2. The van der Waals surface area contributed by atoms with Crippen molar-refractivity contribution in [3.63, 3.8) is 0 Å². The molecule has 0 bridgehead atoms. The first kappa shape index (κ1) is 9.37. The van der Waals surface area contributed by atoms with Crippen LogP contribution in [-0.2, 0) is 5.41 Å². The van der Waals surface area contributed by atoms with Crippen LogP contribution in [0.2, 0.25) is 0 Å². The van der Waals surface area contributed by atoms with Gasteiger partial charge in [0.15, 0.2) is 5.82 Å². The van der Waals surface area contributed by atoms with Crippen LogP contribution in [0.4, 0.5) is 0 Å². The summed E-state index contributed by atoms with van der Waals surface area (Å²) in [5.41, 5.74) is 0.0169. The van der Waals surface area contributed by atoms with Crippen molar-refractivity contribution < 1.29 is 9.32 Å². The highest BCUT2D eigenvalue weighted by Gasteiger charge is 2.33. The monoisotopic (exact) mass is 194 g/mol. The van der Waals surface area contributed by atoms with E-state index in [1.54, 1.807) is 0 Å². The van der Waals surface area contributed by atoms with Crippen LogP contribution in [0.15, 0.2) is 4.52 Å². The molecule has 0 N–H and O–H groups in total. The first-order valence-electron chi connectivity index (χ1n) is 5.04. The number of nitrogens with zero attached hydrogens (tertiary/aromatic N) is 2. The summed E-state index contributed by atoms with van der Waals surface area (Å²) in [7, 11) is 0. The van der Waals surface area contributed by atoms with Crippen molar-refractivity contribution in [3.8, 4) is 0 Å². The van der Waals surface area contributed by atoms with Crippen LogP contribution < -0.4 is 0 Å². The number of aldehydes is 1. The molecule has 0 amide bonds. The molecule has 0 unspecified atom stereocenters. The molecule has 1 aromatic heterocycles. The van der Waals surface area contributed by atoms with Crippen LogP contribution in [-0.4, -0.2) is 16.4 Å². The maximum absolute atomic E-state index is 10.4. The van der Waals surface area contributed by atoms with Crippen molar-refractivity contribution in [3.05, 3.63) is 11.7 Å². The van der Waals surface area contributed by atoms with Crippen molar-refractivity contribution in [2.24, 2.45) is 0 Å². The predicted octanol–water partition coefficient (Wildman–Crippen LogP) is 2.10. The molecule has 4 heteroatoms. The largest absolute Gasteiger partial charge is 0.331 e. The number of hydrogen-bond acceptors (Lipinski definition) is 4. The first-order chi connectivity index (χ1) is 6.74. The first-order valence-corrected chi connectivity index (χ1v) is 5.04. The highest BCUT2D eigenvalue weighted by Crippen LogP contribution is 2.37. The molecule has 1 heterocycles. The summed E-state index contributed by atoms with van der Waals surface area (Å²) in [6.07, 6.45) is 6.48. The third kappa shape index (κ3) is 1.56. The average molecular weight is 194 g/mol. The van der Waals surface area contributed by atoms with Crippen LogP contribution in [0.1, 0.15) is 55.5 Å². The number of carbonyl (C=O) groups is 1. The minimum Gasteiger partial charge on any atom is -0.331 e. The Labute approximate surface area is 82.7 Å². The summed E-state index contributed by atoms with van der Waals surface area (Å²) in [6, 6.07) is 0. The quantitative estimate of drug-likeness (QED) is 0.676. The SMILES string of the molecule is CC1(c2noc(C=O)n2)CCCCC1. The van der Waals surface area contributed by atoms with Gasteiger partial charge in [0.1, 0.15) is 0 Å². The van der Waals surface area contributed by atoms with Crippen molar-refractivity contribution >= 4 is 6.29 Å². The smallest absolute Gasteiger partial charge is 0.290 e. The van der Waals surface area contributed by atoms with Gasteiger partial charge in [-0.15, -0.1) is 0 Å². The Hall–Kier alpha value is -1.19. The van der Waals surface area contributed by atoms with Crippen LogP contribution in [0, 0.1) is 0 Å². The highest BCUT2D eigenvalue weighted by molar-refractivity contribution is 5.67. The average Bonchev–Trinajstić information content (AvgIpc) is 2.67. The molecule has 76 valence electrons. The standard InChI is InChI=1S/C10H14N2O2/c1-10(5-3-2-4-6-10)9-11-8(7-13)14-12-9/h7H,2-6H2,1H3. The van der Waals surface area contributed by atoms with Gasteiger partial charge in [0, 0.05) is 5.41 Å². The summed E-state index contributed by atoms with van der Waals surface area (Å²) >= 11 is 0. The van der Waals surface area contributed by atoms with Gasteiger partial charge in [-0.05, 0) is 12.8 Å². The Morgan fingerprint density at radius 1 is 1.36 bits per heavy atom. The summed E-state index contributed by atoms with van der Waals surface area (Å²) in [5, 5.41) is 3.87. The van der Waals surface area contributed by atoms with Gasteiger partial charge in [-0.1, -0.05) is 31.3 Å². The van der Waals surface area contributed by atoms with E-state index in [1.165, 1.54) is 19.3 Å². The molecule has 14 heavy (non-hydrogen) atoms. The van der Waals surface area contributed by atoms with E-state index >= 15 is 0 Å². The van der Waals surface area contributed by atoms with Gasteiger partial charge in [0.2, 0.25) is 6.29 Å². The number of aromatic nitrogens is 2. The molecule has 0 aromatic carbocycles. The van der Waals surface area contributed by atoms with Gasteiger partial charge in [-0.25, -0.2) is 0 Å². The van der Waals surface area contributed by atoms with E-state index < -0.39 is 0 Å². The Kier molecular flexibility index (Phi) is 2.35. The summed E-state index contributed by atoms with van der Waals surface area (Å²) < 4.78 is 4.80. The van der Waals surface area contributed by atoms with Crippen molar-refractivity contribution in [2.45, 2.75) is 44.4 Å². The molecular formula is C10H14N2O2. The minimum absolute atomic E-state index is 0.0169. The molecule has 1 aromatic rings. The molecule has 1 saturated carbocycles. The van der Waals surface area contributed by atoms with E-state index in [9.17, 15) is 4.79 Å². The van der Waals surface area contributed by atoms with Crippen molar-refractivity contribution in [1.29, 1.82) is 0 Å². The number of carbonyl (C=O) groups excluding carboxylic acids is 1. The lowest BCUT2D eigenvalue weighted by Crippen LogP contribution is -2.26. The second-order valence-corrected chi connectivity index (χ2v) is 4.20. The van der Waals surface area contributed by atoms with Crippen LogP contribution >= 0.6 is 0 Å². The topological polar surface area (TPSA) is 56.0 Å². The molecule has 1 fully saturated rings. The molecule has 0 atom stereocenters. The van der Waals surface area contributed by atoms with E-state index in [2.05, 4.69) is 17.1 Å². The van der Waals surface area contributed by atoms with Crippen LogP contribution in [0.5, 0.6) is 0 Å². The van der Waals surface area contributed by atoms with E-state index in [0.717, 1.165) is 12.8 Å². The van der Waals surface area contributed by atoms with Gasteiger partial charge in [-0.2, -0.15) is 4.98 Å². The zero-order chi connectivity index (χ0) is 10.0. The Bertz CT molecular complexity index is 327. The summed E-state index contributed by atoms with van der Waals surface area (Å²) in [6.45, 7) is 2.14.